The third kappa shape index (κ3) is 7.10. The maximum atomic E-state index is 13.5. The average Bonchev–Trinajstić information content (AvgIpc) is 2.95. The molecule has 1 aliphatic rings. The second-order valence-electron chi connectivity index (χ2n) is 9.58. The van der Waals surface area contributed by atoms with Gasteiger partial charge in [-0.05, 0) is 66.3 Å². The molecule has 9 heteroatoms. The second kappa shape index (κ2) is 12.2. The van der Waals surface area contributed by atoms with Gasteiger partial charge in [-0.25, -0.2) is 9.59 Å². The van der Waals surface area contributed by atoms with E-state index in [9.17, 15) is 22.8 Å². The number of rotatable bonds is 7. The zero-order chi connectivity index (χ0) is 28.0. The SMILES string of the molecule is COC(=O)c1ccc(CN(C(=O)Nc2cc(OC)cc(C(F)(F)F)c2)c2ccc(C3CCCCC3)cc2)cc1. The molecule has 1 saturated carbocycles. The lowest BCUT2D eigenvalue weighted by atomic mass is 9.84. The molecule has 0 bridgehead atoms. The standard InChI is InChI=1S/C30H31F3N2O4/c1-38-27-17-24(30(31,32)33)16-25(18-27)34-29(37)35(19-20-8-10-23(11-9-20)28(36)39-2)26-14-12-22(13-15-26)21-6-4-3-5-7-21/h8-18,21H,3-7,19H2,1-2H3,(H,34,37). The molecule has 0 heterocycles. The van der Waals surface area contributed by atoms with Gasteiger partial charge in [-0.1, -0.05) is 43.5 Å². The quantitative estimate of drug-likeness (QED) is 0.311. The average molecular weight is 541 g/mol. The van der Waals surface area contributed by atoms with E-state index < -0.39 is 23.7 Å². The monoisotopic (exact) mass is 540 g/mol. The summed E-state index contributed by atoms with van der Waals surface area (Å²) in [6.45, 7) is 0.117. The number of benzene rings is 3. The van der Waals surface area contributed by atoms with Crippen LogP contribution < -0.4 is 15.0 Å². The van der Waals surface area contributed by atoms with Gasteiger partial charge in [-0.3, -0.25) is 4.90 Å². The predicted molar refractivity (Wildman–Crippen MR) is 143 cm³/mol. The Morgan fingerprint density at radius 3 is 2.18 bits per heavy atom. The number of esters is 1. The highest BCUT2D eigenvalue weighted by Gasteiger charge is 2.32. The summed E-state index contributed by atoms with van der Waals surface area (Å²) in [5.74, 6) is -0.0200. The lowest BCUT2D eigenvalue weighted by molar-refractivity contribution is -0.137. The molecule has 1 aliphatic carbocycles. The summed E-state index contributed by atoms with van der Waals surface area (Å²) in [5, 5.41) is 2.60. The first-order chi connectivity index (χ1) is 18.7. The van der Waals surface area contributed by atoms with Crippen LogP contribution in [0, 0.1) is 0 Å². The number of nitrogens with zero attached hydrogens (tertiary/aromatic N) is 1. The van der Waals surface area contributed by atoms with E-state index >= 15 is 0 Å². The third-order valence-electron chi connectivity index (χ3n) is 6.96. The van der Waals surface area contributed by atoms with Gasteiger partial charge in [0.15, 0.2) is 0 Å². The Kier molecular flexibility index (Phi) is 8.79. The summed E-state index contributed by atoms with van der Waals surface area (Å²) in [5.41, 5.74) is 1.91. The summed E-state index contributed by atoms with van der Waals surface area (Å²) in [7, 11) is 2.56. The van der Waals surface area contributed by atoms with Crippen LogP contribution in [0.2, 0.25) is 0 Å². The maximum absolute atomic E-state index is 13.5. The summed E-state index contributed by atoms with van der Waals surface area (Å²) in [6.07, 6.45) is 1.30. The molecule has 0 aliphatic heterocycles. The molecule has 4 rings (SSSR count). The normalized spacial score (nSPS) is 14.0. The molecule has 0 saturated heterocycles. The van der Waals surface area contributed by atoms with Crippen molar-refractivity contribution < 1.29 is 32.2 Å². The fourth-order valence-corrected chi connectivity index (χ4v) is 4.83. The van der Waals surface area contributed by atoms with E-state index in [-0.39, 0.29) is 18.0 Å². The van der Waals surface area contributed by atoms with Gasteiger partial charge in [0.1, 0.15) is 5.75 Å². The summed E-state index contributed by atoms with van der Waals surface area (Å²) < 4.78 is 50.0. The maximum Gasteiger partial charge on any atom is 0.416 e. The van der Waals surface area contributed by atoms with Crippen molar-refractivity contribution >= 4 is 23.4 Å². The molecular weight excluding hydrogens is 509 g/mol. The van der Waals surface area contributed by atoms with Crippen LogP contribution in [-0.4, -0.2) is 26.2 Å². The number of hydrogen-bond acceptors (Lipinski definition) is 4. The minimum Gasteiger partial charge on any atom is -0.497 e. The number of urea groups is 1. The summed E-state index contributed by atoms with van der Waals surface area (Å²) in [6, 6.07) is 16.8. The Hall–Kier alpha value is -4.01. The predicted octanol–water partition coefficient (Wildman–Crippen LogP) is 7.79. The molecule has 0 radical (unpaired) electrons. The molecule has 0 aromatic heterocycles. The molecule has 3 aromatic rings. The zero-order valence-electron chi connectivity index (χ0n) is 21.9. The molecule has 1 N–H and O–H groups in total. The molecule has 3 aromatic carbocycles. The van der Waals surface area contributed by atoms with Crippen molar-refractivity contribution in [3.05, 3.63) is 89.0 Å². The highest BCUT2D eigenvalue weighted by atomic mass is 19.4. The van der Waals surface area contributed by atoms with Crippen molar-refractivity contribution in [3.8, 4) is 5.75 Å². The minimum atomic E-state index is -4.61. The van der Waals surface area contributed by atoms with Gasteiger partial charge < -0.3 is 14.8 Å². The van der Waals surface area contributed by atoms with Gasteiger partial charge in [-0.15, -0.1) is 0 Å². The van der Waals surface area contributed by atoms with E-state index in [4.69, 9.17) is 9.47 Å². The molecule has 6 nitrogen and oxygen atoms in total. The number of amides is 2. The summed E-state index contributed by atoms with van der Waals surface area (Å²) >= 11 is 0. The van der Waals surface area contributed by atoms with E-state index in [1.165, 1.54) is 50.0 Å². The highest BCUT2D eigenvalue weighted by Crippen LogP contribution is 2.35. The van der Waals surface area contributed by atoms with Gasteiger partial charge in [0.25, 0.3) is 0 Å². The Morgan fingerprint density at radius 2 is 1.59 bits per heavy atom. The van der Waals surface area contributed by atoms with E-state index in [1.54, 1.807) is 24.3 Å². The number of carbonyl (C=O) groups excluding carboxylic acids is 2. The van der Waals surface area contributed by atoms with E-state index in [2.05, 4.69) is 5.32 Å². The first-order valence-corrected chi connectivity index (χ1v) is 12.8. The molecule has 206 valence electrons. The van der Waals surface area contributed by atoms with Gasteiger partial charge in [0.2, 0.25) is 0 Å². The molecule has 39 heavy (non-hydrogen) atoms. The summed E-state index contributed by atoms with van der Waals surface area (Å²) in [4.78, 5) is 26.8. The molecule has 1 fully saturated rings. The van der Waals surface area contributed by atoms with Gasteiger partial charge in [0.05, 0.1) is 31.9 Å². The lowest BCUT2D eigenvalue weighted by Gasteiger charge is -2.26. The smallest absolute Gasteiger partial charge is 0.416 e. The molecular formula is C30H31F3N2O4. The van der Waals surface area contributed by atoms with Crippen LogP contribution in [0.25, 0.3) is 0 Å². The first kappa shape index (κ1) is 28.0. The first-order valence-electron chi connectivity index (χ1n) is 12.8. The second-order valence-corrected chi connectivity index (χ2v) is 9.58. The number of hydrogen-bond donors (Lipinski definition) is 1. The van der Waals surface area contributed by atoms with Crippen molar-refractivity contribution in [1.82, 2.24) is 0 Å². The van der Waals surface area contributed by atoms with E-state index in [1.807, 2.05) is 24.3 Å². The fraction of sp³-hybridized carbons (Fsp3) is 0.333. The fourth-order valence-electron chi connectivity index (χ4n) is 4.83. The van der Waals surface area contributed by atoms with Gasteiger partial charge in [0, 0.05) is 17.4 Å². The highest BCUT2D eigenvalue weighted by molar-refractivity contribution is 6.02. The van der Waals surface area contributed by atoms with E-state index in [0.29, 0.717) is 17.2 Å². The molecule has 2 amide bonds. The largest absolute Gasteiger partial charge is 0.497 e. The number of ether oxygens (including phenoxy) is 2. The Bertz CT molecular complexity index is 1290. The van der Waals surface area contributed by atoms with Crippen LogP contribution in [0.5, 0.6) is 5.75 Å². The van der Waals surface area contributed by atoms with Crippen molar-refractivity contribution in [2.24, 2.45) is 0 Å². The zero-order valence-corrected chi connectivity index (χ0v) is 21.9. The molecule has 0 spiro atoms. The number of alkyl halides is 3. The van der Waals surface area contributed by atoms with Crippen molar-refractivity contribution in [2.45, 2.75) is 50.7 Å². The van der Waals surface area contributed by atoms with Crippen LogP contribution >= 0.6 is 0 Å². The lowest BCUT2D eigenvalue weighted by Crippen LogP contribution is -2.34. The van der Waals surface area contributed by atoms with Crippen molar-refractivity contribution in [2.75, 3.05) is 24.4 Å². The van der Waals surface area contributed by atoms with Gasteiger partial charge >= 0.3 is 18.2 Å². The van der Waals surface area contributed by atoms with Crippen LogP contribution in [0.3, 0.4) is 0 Å². The number of nitrogens with one attached hydrogen (secondary N) is 1. The Balaban J connectivity index is 1.63. The van der Waals surface area contributed by atoms with Crippen LogP contribution in [0.1, 0.15) is 65.1 Å². The van der Waals surface area contributed by atoms with Crippen molar-refractivity contribution in [3.63, 3.8) is 0 Å². The third-order valence-corrected chi connectivity index (χ3v) is 6.96. The van der Waals surface area contributed by atoms with Crippen molar-refractivity contribution in [1.29, 1.82) is 0 Å². The van der Waals surface area contributed by atoms with Crippen LogP contribution in [0.4, 0.5) is 29.3 Å². The number of halogens is 3. The topological polar surface area (TPSA) is 67.9 Å². The molecule has 0 unspecified atom stereocenters. The van der Waals surface area contributed by atoms with E-state index in [0.717, 1.165) is 30.5 Å². The van der Waals surface area contributed by atoms with Crippen LogP contribution in [0.15, 0.2) is 66.7 Å². The Morgan fingerprint density at radius 1 is 0.923 bits per heavy atom. The minimum absolute atomic E-state index is 0.0260. The number of anilines is 2. The number of carbonyl (C=O) groups is 2. The molecule has 0 atom stereocenters. The number of methoxy groups -OCH3 is 2. The Labute approximate surface area is 225 Å². The van der Waals surface area contributed by atoms with Crippen LogP contribution in [-0.2, 0) is 17.5 Å². The van der Waals surface area contributed by atoms with Gasteiger partial charge in [-0.2, -0.15) is 13.2 Å².